The summed E-state index contributed by atoms with van der Waals surface area (Å²) in [5, 5.41) is 17.6. The van der Waals surface area contributed by atoms with Gasteiger partial charge in [-0.2, -0.15) is 0 Å². The van der Waals surface area contributed by atoms with E-state index in [4.69, 9.17) is 14.9 Å². The van der Waals surface area contributed by atoms with E-state index in [1.165, 1.54) is 13.1 Å². The fourth-order valence-electron chi connectivity index (χ4n) is 1.21. The van der Waals surface area contributed by atoms with Crippen molar-refractivity contribution in [1.82, 2.24) is 9.55 Å². The minimum absolute atomic E-state index is 0.00413. The van der Waals surface area contributed by atoms with Gasteiger partial charge in [0.1, 0.15) is 0 Å². The van der Waals surface area contributed by atoms with Crippen molar-refractivity contribution in [2.24, 2.45) is 0 Å². The molecule has 7 nitrogen and oxygen atoms in total. The third-order valence-corrected chi connectivity index (χ3v) is 2.01. The molecule has 0 saturated heterocycles. The molecule has 0 unspecified atom stereocenters. The van der Waals surface area contributed by atoms with Crippen LogP contribution in [-0.4, -0.2) is 39.6 Å². The van der Waals surface area contributed by atoms with Gasteiger partial charge in [-0.3, -0.25) is 14.3 Å². The summed E-state index contributed by atoms with van der Waals surface area (Å²) in [5.74, 6) is 0. The highest BCUT2D eigenvalue weighted by molar-refractivity contribution is 5.01. The number of aryl methyl sites for hydroxylation is 1. The van der Waals surface area contributed by atoms with E-state index in [-0.39, 0.29) is 13.2 Å². The SMILES string of the molecule is Cc1cn([C@@H](CO)OCCO)c(=O)[nH]c1=O. The molecule has 1 rings (SSSR count). The lowest BCUT2D eigenvalue weighted by Crippen LogP contribution is -2.35. The maximum Gasteiger partial charge on any atom is 0.330 e. The number of H-pyrrole nitrogens is 1. The summed E-state index contributed by atoms with van der Waals surface area (Å²) in [4.78, 5) is 24.6. The van der Waals surface area contributed by atoms with Gasteiger partial charge < -0.3 is 14.9 Å². The van der Waals surface area contributed by atoms with Crippen LogP contribution in [0.4, 0.5) is 0 Å². The first-order valence-corrected chi connectivity index (χ1v) is 4.75. The number of rotatable bonds is 5. The maximum absolute atomic E-state index is 11.4. The van der Waals surface area contributed by atoms with E-state index >= 15 is 0 Å². The molecule has 90 valence electrons. The molecule has 0 spiro atoms. The number of aromatic nitrogens is 2. The first-order valence-electron chi connectivity index (χ1n) is 4.75. The molecule has 0 aliphatic rings. The van der Waals surface area contributed by atoms with E-state index in [2.05, 4.69) is 4.98 Å². The smallest absolute Gasteiger partial charge is 0.330 e. The number of aromatic amines is 1. The molecule has 1 aromatic heterocycles. The standard InChI is InChI=1S/C9H14N2O5/c1-6-4-11(9(15)10-8(6)14)7(5-13)16-3-2-12/h4,7,12-13H,2-3,5H2,1H3,(H,10,14,15)/t7-/m1/s1. The quantitative estimate of drug-likeness (QED) is 0.562. The molecule has 0 amide bonds. The van der Waals surface area contributed by atoms with Crippen molar-refractivity contribution >= 4 is 0 Å². The normalized spacial score (nSPS) is 12.7. The average molecular weight is 230 g/mol. The van der Waals surface area contributed by atoms with E-state index in [1.807, 2.05) is 0 Å². The van der Waals surface area contributed by atoms with Crippen LogP contribution in [0.3, 0.4) is 0 Å². The number of aliphatic hydroxyl groups is 2. The van der Waals surface area contributed by atoms with Crippen LogP contribution in [0.25, 0.3) is 0 Å². The van der Waals surface area contributed by atoms with Gasteiger partial charge in [0, 0.05) is 11.8 Å². The lowest BCUT2D eigenvalue weighted by atomic mass is 10.4. The van der Waals surface area contributed by atoms with E-state index in [1.54, 1.807) is 0 Å². The van der Waals surface area contributed by atoms with E-state index in [9.17, 15) is 9.59 Å². The topological polar surface area (TPSA) is 105 Å². The average Bonchev–Trinajstić information content (AvgIpc) is 2.26. The summed E-state index contributed by atoms with van der Waals surface area (Å²) in [5.41, 5.74) is -0.793. The van der Waals surface area contributed by atoms with Gasteiger partial charge in [0.05, 0.1) is 19.8 Å². The molecule has 0 aliphatic carbocycles. The largest absolute Gasteiger partial charge is 0.394 e. The molecule has 0 radical (unpaired) electrons. The third-order valence-electron chi connectivity index (χ3n) is 2.01. The number of hydrogen-bond acceptors (Lipinski definition) is 5. The lowest BCUT2D eigenvalue weighted by molar-refractivity contribution is -0.0490. The van der Waals surface area contributed by atoms with Gasteiger partial charge in [-0.05, 0) is 6.92 Å². The van der Waals surface area contributed by atoms with Gasteiger partial charge in [0.2, 0.25) is 0 Å². The minimum Gasteiger partial charge on any atom is -0.394 e. The molecule has 1 atom stereocenters. The second-order valence-electron chi connectivity index (χ2n) is 3.21. The fraction of sp³-hybridized carbons (Fsp3) is 0.556. The highest BCUT2D eigenvalue weighted by atomic mass is 16.5. The predicted molar refractivity (Wildman–Crippen MR) is 55.2 cm³/mol. The van der Waals surface area contributed by atoms with Crippen LogP contribution in [0, 0.1) is 6.92 Å². The second kappa shape index (κ2) is 5.59. The molecule has 7 heteroatoms. The van der Waals surface area contributed by atoms with Crippen LogP contribution in [0.2, 0.25) is 0 Å². The van der Waals surface area contributed by atoms with Crippen LogP contribution >= 0.6 is 0 Å². The number of ether oxygens (including phenoxy) is 1. The van der Waals surface area contributed by atoms with E-state index < -0.39 is 24.1 Å². The maximum atomic E-state index is 11.4. The zero-order valence-corrected chi connectivity index (χ0v) is 8.84. The summed E-state index contributed by atoms with van der Waals surface area (Å²) in [7, 11) is 0. The van der Waals surface area contributed by atoms with Crippen molar-refractivity contribution < 1.29 is 14.9 Å². The van der Waals surface area contributed by atoms with Gasteiger partial charge >= 0.3 is 5.69 Å². The van der Waals surface area contributed by atoms with E-state index in [0.717, 1.165) is 4.57 Å². The minimum atomic E-state index is -0.907. The molecule has 3 N–H and O–H groups in total. The lowest BCUT2D eigenvalue weighted by Gasteiger charge is -2.17. The molecule has 0 fully saturated rings. The van der Waals surface area contributed by atoms with Crippen molar-refractivity contribution in [2.75, 3.05) is 19.8 Å². The highest BCUT2D eigenvalue weighted by Gasteiger charge is 2.12. The van der Waals surface area contributed by atoms with Crippen LogP contribution in [0.1, 0.15) is 11.8 Å². The molecule has 0 aliphatic heterocycles. The Morgan fingerprint density at radius 2 is 2.19 bits per heavy atom. The van der Waals surface area contributed by atoms with Crippen LogP contribution in [0.15, 0.2) is 15.8 Å². The molecule has 16 heavy (non-hydrogen) atoms. The predicted octanol–water partition coefficient (Wildman–Crippen LogP) is -1.66. The van der Waals surface area contributed by atoms with Gasteiger partial charge in [0.25, 0.3) is 5.56 Å². The fourth-order valence-corrected chi connectivity index (χ4v) is 1.21. The third kappa shape index (κ3) is 2.78. The van der Waals surface area contributed by atoms with Gasteiger partial charge in [0.15, 0.2) is 6.23 Å². The Kier molecular flexibility index (Phi) is 4.41. The van der Waals surface area contributed by atoms with Crippen LogP contribution in [-0.2, 0) is 4.74 Å². The first kappa shape index (κ1) is 12.6. The Labute approximate surface area is 90.9 Å². The Morgan fingerprint density at radius 1 is 1.50 bits per heavy atom. The zero-order valence-electron chi connectivity index (χ0n) is 8.84. The second-order valence-corrected chi connectivity index (χ2v) is 3.21. The summed E-state index contributed by atoms with van der Waals surface area (Å²) in [6.45, 7) is 0.893. The van der Waals surface area contributed by atoms with Crippen molar-refractivity contribution in [2.45, 2.75) is 13.2 Å². The Morgan fingerprint density at radius 3 is 2.75 bits per heavy atom. The number of hydrogen-bond donors (Lipinski definition) is 3. The molecule has 0 bridgehead atoms. The number of nitrogens with zero attached hydrogens (tertiary/aromatic N) is 1. The van der Waals surface area contributed by atoms with Crippen molar-refractivity contribution in [3.8, 4) is 0 Å². The summed E-state index contributed by atoms with van der Waals surface area (Å²) in [6, 6.07) is 0. The molecular weight excluding hydrogens is 216 g/mol. The molecule has 1 heterocycles. The Balaban J connectivity index is 3.05. The van der Waals surface area contributed by atoms with Gasteiger partial charge in [-0.25, -0.2) is 4.79 Å². The number of aliphatic hydroxyl groups excluding tert-OH is 2. The van der Waals surface area contributed by atoms with Crippen molar-refractivity contribution in [3.05, 3.63) is 32.6 Å². The molecule has 0 saturated carbocycles. The van der Waals surface area contributed by atoms with Gasteiger partial charge in [-0.1, -0.05) is 0 Å². The molecule has 1 aromatic rings. The summed E-state index contributed by atoms with van der Waals surface area (Å²) >= 11 is 0. The Hall–Kier alpha value is -1.44. The van der Waals surface area contributed by atoms with Crippen LogP contribution < -0.4 is 11.2 Å². The summed E-state index contributed by atoms with van der Waals surface area (Å²) in [6.07, 6.45) is 0.398. The van der Waals surface area contributed by atoms with Crippen LogP contribution in [0.5, 0.6) is 0 Å². The first-order chi connectivity index (χ1) is 7.60. The van der Waals surface area contributed by atoms with Gasteiger partial charge in [-0.15, -0.1) is 0 Å². The molecule has 0 aromatic carbocycles. The number of nitrogens with one attached hydrogen (secondary N) is 1. The molecular formula is C9H14N2O5. The monoisotopic (exact) mass is 230 g/mol. The van der Waals surface area contributed by atoms with Crippen molar-refractivity contribution in [1.29, 1.82) is 0 Å². The highest BCUT2D eigenvalue weighted by Crippen LogP contribution is 2.03. The van der Waals surface area contributed by atoms with E-state index in [0.29, 0.717) is 5.56 Å². The zero-order chi connectivity index (χ0) is 12.1. The Bertz CT molecular complexity index is 450. The summed E-state index contributed by atoms with van der Waals surface area (Å²) < 4.78 is 6.12. The van der Waals surface area contributed by atoms with Crippen molar-refractivity contribution in [3.63, 3.8) is 0 Å².